The van der Waals surface area contributed by atoms with Crippen LogP contribution in [0.5, 0.6) is 0 Å². The molecule has 1 aliphatic heterocycles. The number of allylic oxidation sites excluding steroid dienone is 2. The van der Waals surface area contributed by atoms with E-state index in [9.17, 15) is 0 Å². The number of aryl methyl sites for hydroxylation is 1. The van der Waals surface area contributed by atoms with Gasteiger partial charge in [-0.1, -0.05) is 60.2 Å². The summed E-state index contributed by atoms with van der Waals surface area (Å²) in [5.41, 5.74) is 6.40. The standard InChI is InChI=1S/C26H23ClN2/c1-2-29-23-12-4-3-7-18(23)21-15-16(13-14-24(21)29)25-19-9-5-8-17(19)20-10-6-11-22(27)26(20)28-25/h3-8,10-15,17,19,25,28H,2,9H2,1H3. The summed E-state index contributed by atoms with van der Waals surface area (Å²) >= 11 is 6.59. The smallest absolute Gasteiger partial charge is 0.0640 e. The molecule has 3 heteroatoms. The molecular formula is C26H23ClN2. The van der Waals surface area contributed by atoms with E-state index < -0.39 is 0 Å². The third-order valence-electron chi connectivity index (χ3n) is 6.82. The summed E-state index contributed by atoms with van der Waals surface area (Å²) < 4.78 is 2.41. The van der Waals surface area contributed by atoms with Crippen molar-refractivity contribution in [2.45, 2.75) is 31.8 Å². The van der Waals surface area contributed by atoms with Crippen LogP contribution < -0.4 is 5.32 Å². The fraction of sp³-hybridized carbons (Fsp3) is 0.231. The molecule has 1 aromatic heterocycles. The summed E-state index contributed by atoms with van der Waals surface area (Å²) in [5, 5.41) is 7.30. The van der Waals surface area contributed by atoms with E-state index in [0.717, 1.165) is 23.7 Å². The van der Waals surface area contributed by atoms with E-state index >= 15 is 0 Å². The van der Waals surface area contributed by atoms with Crippen molar-refractivity contribution in [1.29, 1.82) is 0 Å². The quantitative estimate of drug-likeness (QED) is 0.350. The second kappa shape index (κ2) is 6.40. The van der Waals surface area contributed by atoms with Gasteiger partial charge in [0.15, 0.2) is 0 Å². The van der Waals surface area contributed by atoms with Crippen LogP contribution in [0.4, 0.5) is 5.69 Å². The SMILES string of the molecule is CCn1c2ccccc2c2cc(C3Nc4c(Cl)cccc4C4C=CCC43)ccc21. The number of aromatic nitrogens is 1. The molecule has 0 saturated carbocycles. The molecule has 3 aromatic carbocycles. The predicted octanol–water partition coefficient (Wildman–Crippen LogP) is 7.29. The summed E-state index contributed by atoms with van der Waals surface area (Å²) in [4.78, 5) is 0. The van der Waals surface area contributed by atoms with Crippen LogP contribution in [0.2, 0.25) is 5.02 Å². The fourth-order valence-electron chi connectivity index (χ4n) is 5.52. The highest BCUT2D eigenvalue weighted by atomic mass is 35.5. The number of hydrogen-bond donors (Lipinski definition) is 1. The Morgan fingerprint density at radius 3 is 2.76 bits per heavy atom. The molecule has 144 valence electrons. The Morgan fingerprint density at radius 1 is 1.00 bits per heavy atom. The highest BCUT2D eigenvalue weighted by Gasteiger charge is 2.38. The van der Waals surface area contributed by atoms with Crippen molar-refractivity contribution in [3.63, 3.8) is 0 Å². The van der Waals surface area contributed by atoms with Crippen molar-refractivity contribution in [3.8, 4) is 0 Å². The van der Waals surface area contributed by atoms with Crippen LogP contribution in [-0.4, -0.2) is 4.57 Å². The molecule has 4 aromatic rings. The third-order valence-corrected chi connectivity index (χ3v) is 7.13. The molecular weight excluding hydrogens is 376 g/mol. The van der Waals surface area contributed by atoms with Gasteiger partial charge in [-0.25, -0.2) is 0 Å². The minimum Gasteiger partial charge on any atom is -0.376 e. The maximum absolute atomic E-state index is 6.59. The topological polar surface area (TPSA) is 17.0 Å². The van der Waals surface area contributed by atoms with Crippen LogP contribution in [0.25, 0.3) is 21.8 Å². The van der Waals surface area contributed by atoms with Gasteiger partial charge in [-0.3, -0.25) is 0 Å². The molecule has 6 rings (SSSR count). The number of nitrogens with zero attached hydrogens (tertiary/aromatic N) is 1. The molecule has 0 fully saturated rings. The highest BCUT2D eigenvalue weighted by Crippen LogP contribution is 2.51. The number of halogens is 1. The second-order valence-corrected chi connectivity index (χ2v) is 8.62. The van der Waals surface area contributed by atoms with E-state index in [-0.39, 0.29) is 6.04 Å². The number of rotatable bonds is 2. The van der Waals surface area contributed by atoms with Gasteiger partial charge in [-0.15, -0.1) is 0 Å². The first-order valence-corrected chi connectivity index (χ1v) is 10.9. The van der Waals surface area contributed by atoms with Crippen molar-refractivity contribution >= 4 is 39.1 Å². The second-order valence-electron chi connectivity index (χ2n) is 8.22. The number of fused-ring (bicyclic) bond motifs is 6. The average Bonchev–Trinajstić information content (AvgIpc) is 3.36. The zero-order valence-corrected chi connectivity index (χ0v) is 17.2. The lowest BCUT2D eigenvalue weighted by Crippen LogP contribution is -2.29. The van der Waals surface area contributed by atoms with Crippen LogP contribution in [0.1, 0.15) is 36.4 Å². The summed E-state index contributed by atoms with van der Waals surface area (Å²) in [6.07, 6.45) is 5.81. The maximum Gasteiger partial charge on any atom is 0.0640 e. The van der Waals surface area contributed by atoms with E-state index in [1.54, 1.807) is 0 Å². The molecule has 0 saturated heterocycles. The molecule has 2 nitrogen and oxygen atoms in total. The van der Waals surface area contributed by atoms with Crippen LogP contribution in [0.15, 0.2) is 72.8 Å². The Labute approximate surface area is 175 Å². The molecule has 29 heavy (non-hydrogen) atoms. The Hall–Kier alpha value is -2.71. The molecule has 1 N–H and O–H groups in total. The minimum absolute atomic E-state index is 0.260. The number of anilines is 1. The van der Waals surface area contributed by atoms with Gasteiger partial charge in [0.05, 0.1) is 16.8 Å². The Kier molecular flexibility index (Phi) is 3.79. The van der Waals surface area contributed by atoms with Crippen molar-refractivity contribution < 1.29 is 0 Å². The largest absolute Gasteiger partial charge is 0.376 e. The number of para-hydroxylation sites is 2. The van der Waals surface area contributed by atoms with E-state index in [2.05, 4.69) is 83.6 Å². The molecule has 2 heterocycles. The molecule has 2 aliphatic rings. The van der Waals surface area contributed by atoms with Gasteiger partial charge >= 0.3 is 0 Å². The van der Waals surface area contributed by atoms with Gasteiger partial charge in [0.25, 0.3) is 0 Å². The normalized spacial score (nSPS) is 22.6. The van der Waals surface area contributed by atoms with E-state index in [1.165, 1.54) is 32.9 Å². The lowest BCUT2D eigenvalue weighted by Gasteiger charge is -2.38. The Balaban J connectivity index is 1.53. The molecule has 3 atom stereocenters. The first kappa shape index (κ1) is 17.2. The maximum atomic E-state index is 6.59. The van der Waals surface area contributed by atoms with Gasteiger partial charge in [-0.2, -0.15) is 0 Å². The van der Waals surface area contributed by atoms with Crippen molar-refractivity contribution in [2.24, 2.45) is 5.92 Å². The van der Waals surface area contributed by atoms with Gasteiger partial charge < -0.3 is 9.88 Å². The summed E-state index contributed by atoms with van der Waals surface area (Å²) in [7, 11) is 0. The lowest BCUT2D eigenvalue weighted by atomic mass is 9.77. The van der Waals surface area contributed by atoms with Gasteiger partial charge in [0.1, 0.15) is 0 Å². The third kappa shape index (κ3) is 2.42. The van der Waals surface area contributed by atoms with Crippen molar-refractivity contribution in [3.05, 3.63) is 89.0 Å². The van der Waals surface area contributed by atoms with Crippen molar-refractivity contribution in [2.75, 3.05) is 5.32 Å². The van der Waals surface area contributed by atoms with Crippen LogP contribution in [0.3, 0.4) is 0 Å². The summed E-state index contributed by atoms with van der Waals surface area (Å²) in [6, 6.07) is 22.3. The first-order chi connectivity index (χ1) is 14.3. The predicted molar refractivity (Wildman–Crippen MR) is 123 cm³/mol. The van der Waals surface area contributed by atoms with E-state index in [1.807, 2.05) is 6.07 Å². The Morgan fingerprint density at radius 2 is 1.86 bits per heavy atom. The molecule has 1 aliphatic carbocycles. The highest BCUT2D eigenvalue weighted by molar-refractivity contribution is 6.33. The fourth-order valence-corrected chi connectivity index (χ4v) is 5.76. The zero-order valence-electron chi connectivity index (χ0n) is 16.4. The first-order valence-electron chi connectivity index (χ1n) is 10.5. The Bertz CT molecular complexity index is 1280. The molecule has 3 unspecified atom stereocenters. The van der Waals surface area contributed by atoms with Crippen LogP contribution >= 0.6 is 11.6 Å². The number of hydrogen-bond acceptors (Lipinski definition) is 1. The number of benzene rings is 3. The van der Waals surface area contributed by atoms with Gasteiger partial charge in [0.2, 0.25) is 0 Å². The van der Waals surface area contributed by atoms with Gasteiger partial charge in [-0.05, 0) is 54.7 Å². The van der Waals surface area contributed by atoms with Gasteiger partial charge in [0, 0.05) is 34.3 Å². The van der Waals surface area contributed by atoms with E-state index in [0.29, 0.717) is 11.8 Å². The minimum atomic E-state index is 0.260. The zero-order chi connectivity index (χ0) is 19.5. The summed E-state index contributed by atoms with van der Waals surface area (Å²) in [6.45, 7) is 3.19. The molecule has 0 amide bonds. The monoisotopic (exact) mass is 398 g/mol. The number of nitrogens with one attached hydrogen (secondary N) is 1. The van der Waals surface area contributed by atoms with E-state index in [4.69, 9.17) is 11.6 Å². The molecule has 0 bridgehead atoms. The lowest BCUT2D eigenvalue weighted by molar-refractivity contribution is 0.426. The molecule has 0 spiro atoms. The van der Waals surface area contributed by atoms with Crippen LogP contribution in [0, 0.1) is 5.92 Å². The van der Waals surface area contributed by atoms with Crippen LogP contribution in [-0.2, 0) is 6.54 Å². The average molecular weight is 399 g/mol. The summed E-state index contributed by atoms with van der Waals surface area (Å²) in [5.74, 6) is 0.959. The van der Waals surface area contributed by atoms with Crippen molar-refractivity contribution in [1.82, 2.24) is 4.57 Å². The molecule has 0 radical (unpaired) electrons.